The SMILES string of the molecule is CCCCc1c(CN)nnn1CC#N. The highest BCUT2D eigenvalue weighted by molar-refractivity contribution is 5.10. The van der Waals surface area contributed by atoms with Crippen molar-refractivity contribution in [2.45, 2.75) is 39.3 Å². The van der Waals surface area contributed by atoms with E-state index in [9.17, 15) is 0 Å². The van der Waals surface area contributed by atoms with Gasteiger partial charge in [-0.15, -0.1) is 5.10 Å². The number of hydrogen-bond acceptors (Lipinski definition) is 4. The number of hydrogen-bond donors (Lipinski definition) is 1. The van der Waals surface area contributed by atoms with Gasteiger partial charge in [0.05, 0.1) is 17.5 Å². The number of nitrogens with two attached hydrogens (primary N) is 1. The Morgan fingerprint density at radius 3 is 2.93 bits per heavy atom. The van der Waals surface area contributed by atoms with Crippen molar-refractivity contribution in [1.82, 2.24) is 15.0 Å². The van der Waals surface area contributed by atoms with E-state index in [4.69, 9.17) is 11.0 Å². The first-order valence-electron chi connectivity index (χ1n) is 4.81. The van der Waals surface area contributed by atoms with Gasteiger partial charge in [0.2, 0.25) is 0 Å². The summed E-state index contributed by atoms with van der Waals surface area (Å²) in [6.07, 6.45) is 3.09. The van der Waals surface area contributed by atoms with Crippen LogP contribution in [0, 0.1) is 11.3 Å². The van der Waals surface area contributed by atoms with Crippen molar-refractivity contribution in [3.8, 4) is 6.07 Å². The van der Waals surface area contributed by atoms with Gasteiger partial charge in [0, 0.05) is 6.54 Å². The van der Waals surface area contributed by atoms with E-state index in [0.717, 1.165) is 30.7 Å². The molecule has 0 unspecified atom stereocenters. The van der Waals surface area contributed by atoms with Crippen LogP contribution in [0.5, 0.6) is 0 Å². The summed E-state index contributed by atoms with van der Waals surface area (Å²) >= 11 is 0. The molecule has 0 fully saturated rings. The third-order valence-corrected chi connectivity index (χ3v) is 2.10. The van der Waals surface area contributed by atoms with Crippen LogP contribution in [0.2, 0.25) is 0 Å². The second kappa shape index (κ2) is 5.35. The van der Waals surface area contributed by atoms with Crippen LogP contribution in [0.4, 0.5) is 0 Å². The van der Waals surface area contributed by atoms with E-state index < -0.39 is 0 Å². The fourth-order valence-electron chi connectivity index (χ4n) is 1.34. The molecular formula is C9H15N5. The Hall–Kier alpha value is -1.41. The van der Waals surface area contributed by atoms with E-state index in [1.807, 2.05) is 0 Å². The number of nitriles is 1. The quantitative estimate of drug-likeness (QED) is 0.742. The molecule has 1 heterocycles. The summed E-state index contributed by atoms with van der Waals surface area (Å²) in [5.74, 6) is 0. The van der Waals surface area contributed by atoms with E-state index >= 15 is 0 Å². The summed E-state index contributed by atoms with van der Waals surface area (Å²) in [6, 6.07) is 2.06. The summed E-state index contributed by atoms with van der Waals surface area (Å²) in [5.41, 5.74) is 7.36. The predicted octanol–water partition coefficient (Wildman–Crippen LogP) is 0.603. The lowest BCUT2D eigenvalue weighted by molar-refractivity contribution is 0.620. The van der Waals surface area contributed by atoms with Crippen molar-refractivity contribution < 1.29 is 0 Å². The molecule has 0 saturated carbocycles. The summed E-state index contributed by atoms with van der Waals surface area (Å²) < 4.78 is 1.64. The fourth-order valence-corrected chi connectivity index (χ4v) is 1.34. The van der Waals surface area contributed by atoms with E-state index in [1.54, 1.807) is 4.68 Å². The molecular weight excluding hydrogens is 178 g/mol. The molecule has 14 heavy (non-hydrogen) atoms. The average molecular weight is 193 g/mol. The highest BCUT2D eigenvalue weighted by Crippen LogP contribution is 2.08. The molecule has 0 aliphatic heterocycles. The molecule has 5 heteroatoms. The minimum absolute atomic E-state index is 0.256. The molecule has 1 rings (SSSR count). The van der Waals surface area contributed by atoms with Gasteiger partial charge in [-0.05, 0) is 12.8 Å². The highest BCUT2D eigenvalue weighted by Gasteiger charge is 2.10. The highest BCUT2D eigenvalue weighted by atomic mass is 15.4. The molecule has 0 atom stereocenters. The first-order valence-corrected chi connectivity index (χ1v) is 4.81. The van der Waals surface area contributed by atoms with E-state index in [1.165, 1.54) is 0 Å². The molecule has 1 aromatic rings. The van der Waals surface area contributed by atoms with Gasteiger partial charge >= 0.3 is 0 Å². The smallest absolute Gasteiger partial charge is 0.130 e. The maximum atomic E-state index is 8.58. The van der Waals surface area contributed by atoms with Crippen LogP contribution < -0.4 is 5.73 Å². The van der Waals surface area contributed by atoms with Gasteiger partial charge in [-0.1, -0.05) is 18.6 Å². The molecule has 0 aliphatic rings. The normalized spacial score (nSPS) is 10.1. The Balaban J connectivity index is 2.83. The van der Waals surface area contributed by atoms with Crippen molar-refractivity contribution >= 4 is 0 Å². The van der Waals surface area contributed by atoms with Crippen LogP contribution in [-0.4, -0.2) is 15.0 Å². The van der Waals surface area contributed by atoms with Crippen LogP contribution in [0.1, 0.15) is 31.2 Å². The zero-order valence-corrected chi connectivity index (χ0v) is 8.40. The minimum atomic E-state index is 0.256. The lowest BCUT2D eigenvalue weighted by Gasteiger charge is -2.02. The predicted molar refractivity (Wildman–Crippen MR) is 52.1 cm³/mol. The van der Waals surface area contributed by atoms with Crippen LogP contribution in [0.3, 0.4) is 0 Å². The van der Waals surface area contributed by atoms with Gasteiger partial charge in [0.1, 0.15) is 6.54 Å². The molecule has 0 aromatic carbocycles. The second-order valence-electron chi connectivity index (χ2n) is 3.11. The summed E-state index contributed by atoms with van der Waals surface area (Å²) in [4.78, 5) is 0. The topological polar surface area (TPSA) is 80.5 Å². The molecule has 5 nitrogen and oxygen atoms in total. The number of nitrogens with zero attached hydrogens (tertiary/aromatic N) is 4. The first-order chi connectivity index (χ1) is 6.83. The van der Waals surface area contributed by atoms with Crippen LogP contribution in [0.15, 0.2) is 0 Å². The maximum absolute atomic E-state index is 8.58. The van der Waals surface area contributed by atoms with Gasteiger partial charge < -0.3 is 5.73 Å². The van der Waals surface area contributed by atoms with E-state index in [2.05, 4.69) is 23.3 Å². The van der Waals surface area contributed by atoms with E-state index in [-0.39, 0.29) is 6.54 Å². The molecule has 0 bridgehead atoms. The minimum Gasteiger partial charge on any atom is -0.325 e. The molecule has 0 radical (unpaired) electrons. The number of rotatable bonds is 5. The fraction of sp³-hybridized carbons (Fsp3) is 0.667. The summed E-state index contributed by atoms with van der Waals surface area (Å²) in [5, 5.41) is 16.4. The van der Waals surface area contributed by atoms with Gasteiger partial charge in [0.25, 0.3) is 0 Å². The first kappa shape index (κ1) is 10.7. The van der Waals surface area contributed by atoms with Gasteiger partial charge in [-0.25, -0.2) is 4.68 Å². The van der Waals surface area contributed by atoms with Crippen LogP contribution >= 0.6 is 0 Å². The maximum Gasteiger partial charge on any atom is 0.130 e. The lowest BCUT2D eigenvalue weighted by atomic mass is 10.1. The van der Waals surface area contributed by atoms with Crippen LogP contribution in [-0.2, 0) is 19.5 Å². The monoisotopic (exact) mass is 193 g/mol. The van der Waals surface area contributed by atoms with Gasteiger partial charge in [0.15, 0.2) is 0 Å². The molecule has 1 aromatic heterocycles. The Morgan fingerprint density at radius 1 is 1.57 bits per heavy atom. The van der Waals surface area contributed by atoms with Crippen molar-refractivity contribution in [3.05, 3.63) is 11.4 Å². The molecule has 0 spiro atoms. The third kappa shape index (κ3) is 2.30. The summed E-state index contributed by atoms with van der Waals surface area (Å²) in [7, 11) is 0. The van der Waals surface area contributed by atoms with Crippen LogP contribution in [0.25, 0.3) is 0 Å². The van der Waals surface area contributed by atoms with Crippen molar-refractivity contribution in [3.63, 3.8) is 0 Å². The molecule has 0 aliphatic carbocycles. The van der Waals surface area contributed by atoms with Gasteiger partial charge in [-0.3, -0.25) is 0 Å². The average Bonchev–Trinajstić information content (AvgIpc) is 2.58. The number of unbranched alkanes of at least 4 members (excludes halogenated alkanes) is 1. The Kier molecular flexibility index (Phi) is 4.08. The molecule has 76 valence electrons. The number of aromatic nitrogens is 3. The molecule has 2 N–H and O–H groups in total. The summed E-state index contributed by atoms with van der Waals surface area (Å²) in [6.45, 7) is 2.77. The van der Waals surface area contributed by atoms with Gasteiger partial charge in [-0.2, -0.15) is 5.26 Å². The Morgan fingerprint density at radius 2 is 2.36 bits per heavy atom. The lowest BCUT2D eigenvalue weighted by Crippen LogP contribution is -2.07. The third-order valence-electron chi connectivity index (χ3n) is 2.10. The Labute approximate surface area is 83.5 Å². The largest absolute Gasteiger partial charge is 0.325 e. The van der Waals surface area contributed by atoms with E-state index in [0.29, 0.717) is 6.54 Å². The second-order valence-corrected chi connectivity index (χ2v) is 3.11. The zero-order valence-electron chi connectivity index (χ0n) is 8.40. The van der Waals surface area contributed by atoms with Crippen molar-refractivity contribution in [2.24, 2.45) is 5.73 Å². The molecule has 0 saturated heterocycles. The zero-order chi connectivity index (χ0) is 10.4. The van der Waals surface area contributed by atoms with Crippen molar-refractivity contribution in [2.75, 3.05) is 0 Å². The Bertz CT molecular complexity index is 322. The standard InChI is InChI=1S/C9H15N5/c1-2-3-4-9-8(7-11)12-13-14(9)6-5-10/h2-4,6-7,11H2,1H3. The molecule has 0 amide bonds. The van der Waals surface area contributed by atoms with Crippen molar-refractivity contribution in [1.29, 1.82) is 5.26 Å².